The highest BCUT2D eigenvalue weighted by Gasteiger charge is 2.19. The van der Waals surface area contributed by atoms with Gasteiger partial charge < -0.3 is 14.2 Å². The number of carbonyl (C=O) groups excluding carboxylic acids is 3. The summed E-state index contributed by atoms with van der Waals surface area (Å²) in [4.78, 5) is 38.4. The van der Waals surface area contributed by atoms with Gasteiger partial charge in [0.25, 0.3) is 0 Å². The Morgan fingerprint density at radius 2 is 0.476 bits per heavy atom. The zero-order valence-corrected chi connectivity index (χ0v) is 54.5. The van der Waals surface area contributed by atoms with E-state index in [2.05, 4.69) is 106 Å². The first-order valence-electron chi connectivity index (χ1n) is 35.6. The molecule has 1 atom stereocenters. The molecule has 0 saturated heterocycles. The molecular formula is C76H134O6. The third kappa shape index (κ3) is 67.4. The van der Waals surface area contributed by atoms with Gasteiger partial charge in [0.1, 0.15) is 13.2 Å². The van der Waals surface area contributed by atoms with Crippen LogP contribution in [0.1, 0.15) is 361 Å². The van der Waals surface area contributed by atoms with Crippen molar-refractivity contribution in [2.75, 3.05) is 13.2 Å². The first kappa shape index (κ1) is 78.6. The first-order chi connectivity index (χ1) is 40.5. The van der Waals surface area contributed by atoms with Crippen molar-refractivity contribution in [2.24, 2.45) is 0 Å². The van der Waals surface area contributed by atoms with E-state index in [1.165, 1.54) is 218 Å². The van der Waals surface area contributed by atoms with E-state index >= 15 is 0 Å². The second-order valence-corrected chi connectivity index (χ2v) is 23.8. The first-order valence-corrected chi connectivity index (χ1v) is 35.6. The van der Waals surface area contributed by atoms with Crippen molar-refractivity contribution < 1.29 is 28.6 Å². The number of rotatable bonds is 65. The van der Waals surface area contributed by atoms with Crippen molar-refractivity contribution in [3.63, 3.8) is 0 Å². The molecule has 0 aromatic rings. The number of hydrogen-bond donors (Lipinski definition) is 0. The van der Waals surface area contributed by atoms with Crippen LogP contribution in [0.25, 0.3) is 0 Å². The molecule has 474 valence electrons. The monoisotopic (exact) mass is 1140 g/mol. The van der Waals surface area contributed by atoms with Crippen molar-refractivity contribution in [2.45, 2.75) is 367 Å². The van der Waals surface area contributed by atoms with Gasteiger partial charge in [-0.05, 0) is 96.3 Å². The lowest BCUT2D eigenvalue weighted by molar-refractivity contribution is -0.167. The van der Waals surface area contributed by atoms with Crippen LogP contribution in [-0.2, 0) is 28.6 Å². The molecule has 0 heterocycles. The predicted octanol–water partition coefficient (Wildman–Crippen LogP) is 24.6. The van der Waals surface area contributed by atoms with E-state index in [1.807, 2.05) is 0 Å². The smallest absolute Gasteiger partial charge is 0.306 e. The Bertz CT molecular complexity index is 1550. The molecule has 6 heteroatoms. The summed E-state index contributed by atoms with van der Waals surface area (Å²) in [5.41, 5.74) is 0. The maximum atomic E-state index is 12.9. The summed E-state index contributed by atoms with van der Waals surface area (Å²) in [6, 6.07) is 0. The van der Waals surface area contributed by atoms with Crippen LogP contribution < -0.4 is 0 Å². The van der Waals surface area contributed by atoms with Gasteiger partial charge in [0, 0.05) is 19.3 Å². The highest BCUT2D eigenvalue weighted by atomic mass is 16.6. The summed E-state index contributed by atoms with van der Waals surface area (Å²) in [6.45, 7) is 6.56. The van der Waals surface area contributed by atoms with Crippen molar-refractivity contribution in [3.05, 3.63) is 85.1 Å². The van der Waals surface area contributed by atoms with Gasteiger partial charge >= 0.3 is 17.9 Å². The third-order valence-electron chi connectivity index (χ3n) is 15.6. The number of esters is 3. The quantitative estimate of drug-likeness (QED) is 0.0261. The van der Waals surface area contributed by atoms with Crippen LogP contribution in [0.5, 0.6) is 0 Å². The van der Waals surface area contributed by atoms with E-state index < -0.39 is 6.10 Å². The minimum atomic E-state index is -0.778. The van der Waals surface area contributed by atoms with E-state index in [1.54, 1.807) is 0 Å². The maximum Gasteiger partial charge on any atom is 0.306 e. The Labute approximate surface area is 509 Å². The second kappa shape index (κ2) is 70.1. The fourth-order valence-electron chi connectivity index (χ4n) is 10.3. The van der Waals surface area contributed by atoms with Gasteiger partial charge in [0.05, 0.1) is 0 Å². The van der Waals surface area contributed by atoms with Crippen molar-refractivity contribution in [1.82, 2.24) is 0 Å². The summed E-state index contributed by atoms with van der Waals surface area (Å²) in [6.07, 6.45) is 93.3. The number of unbranched alkanes of at least 4 members (excludes halogenated alkanes) is 40. The summed E-state index contributed by atoms with van der Waals surface area (Å²) >= 11 is 0. The van der Waals surface area contributed by atoms with E-state index in [-0.39, 0.29) is 31.1 Å². The van der Waals surface area contributed by atoms with E-state index in [9.17, 15) is 14.4 Å². The minimum absolute atomic E-state index is 0.0742. The molecule has 0 spiro atoms. The van der Waals surface area contributed by atoms with Crippen molar-refractivity contribution in [3.8, 4) is 0 Å². The molecule has 0 aliphatic carbocycles. The molecule has 0 bridgehead atoms. The lowest BCUT2D eigenvalue weighted by atomic mass is 10.0. The Kier molecular flexibility index (Phi) is 67.2. The summed E-state index contributed by atoms with van der Waals surface area (Å²) in [5, 5.41) is 0. The summed E-state index contributed by atoms with van der Waals surface area (Å²) in [5.74, 6) is -0.862. The normalized spacial score (nSPS) is 12.6. The van der Waals surface area contributed by atoms with Crippen LogP contribution in [0.15, 0.2) is 85.1 Å². The Morgan fingerprint density at radius 1 is 0.256 bits per heavy atom. The van der Waals surface area contributed by atoms with E-state index in [0.717, 1.165) is 103 Å². The molecule has 0 amide bonds. The Hall–Kier alpha value is -3.41. The Balaban J connectivity index is 4.19. The molecule has 82 heavy (non-hydrogen) atoms. The summed E-state index contributed by atoms with van der Waals surface area (Å²) < 4.78 is 17.0. The fraction of sp³-hybridized carbons (Fsp3) is 0.776. The van der Waals surface area contributed by atoms with Gasteiger partial charge in [-0.1, -0.05) is 331 Å². The average molecular weight is 1140 g/mol. The largest absolute Gasteiger partial charge is 0.462 e. The van der Waals surface area contributed by atoms with Crippen LogP contribution in [0.3, 0.4) is 0 Å². The average Bonchev–Trinajstić information content (AvgIpc) is 3.47. The molecule has 0 N–H and O–H groups in total. The molecule has 0 rings (SSSR count). The number of carbonyl (C=O) groups is 3. The van der Waals surface area contributed by atoms with E-state index in [0.29, 0.717) is 19.3 Å². The van der Waals surface area contributed by atoms with Crippen LogP contribution in [0.2, 0.25) is 0 Å². The van der Waals surface area contributed by atoms with Crippen LogP contribution in [0.4, 0.5) is 0 Å². The van der Waals surface area contributed by atoms with Crippen molar-refractivity contribution in [1.29, 1.82) is 0 Å². The fourth-order valence-corrected chi connectivity index (χ4v) is 10.3. The SMILES string of the molecule is CC/C=C\C/C=C\C/C=C\C/C=C\C/C=C\C/C=C\CCCCCCCCCCCCCCCCC(=O)OCC(COC(=O)CCCCCCC/C=C\CCCCCC)OC(=O)CCCCCCCCCCCCCCCCCCCC. The molecule has 0 aromatic carbocycles. The van der Waals surface area contributed by atoms with Crippen LogP contribution in [-0.4, -0.2) is 37.2 Å². The molecule has 1 unspecified atom stereocenters. The minimum Gasteiger partial charge on any atom is -0.462 e. The topological polar surface area (TPSA) is 78.9 Å². The zero-order valence-electron chi connectivity index (χ0n) is 54.5. The molecule has 0 aliphatic heterocycles. The van der Waals surface area contributed by atoms with Crippen molar-refractivity contribution >= 4 is 17.9 Å². The molecule has 0 aromatic heterocycles. The standard InChI is InChI=1S/C76H134O6/c1-4-7-10-13-16-19-22-25-27-29-31-32-33-34-35-36-37-38-39-40-41-42-43-44-45-47-48-51-54-57-60-63-66-69-75(78)81-72-73(71-80-74(77)68-65-62-59-56-53-50-24-21-18-15-12-9-6-3)82-76(79)70-67-64-61-58-55-52-49-46-30-28-26-23-20-17-14-11-8-5-2/h7,10,16,19,21,24-25,27,31-32,34-35,37-38,73H,4-6,8-9,11-15,17-18,20,22-23,26,28-30,33,36,39-72H2,1-3H3/b10-7-,19-16-,24-21-,27-25-,32-31-,35-34-,38-37-. The highest BCUT2D eigenvalue weighted by Crippen LogP contribution is 2.18. The maximum absolute atomic E-state index is 12.9. The summed E-state index contributed by atoms with van der Waals surface area (Å²) in [7, 11) is 0. The van der Waals surface area contributed by atoms with E-state index in [4.69, 9.17) is 14.2 Å². The molecular weight excluding hydrogens is 1010 g/mol. The Morgan fingerprint density at radius 3 is 0.768 bits per heavy atom. The van der Waals surface area contributed by atoms with Crippen LogP contribution in [0, 0.1) is 0 Å². The van der Waals surface area contributed by atoms with Crippen LogP contribution >= 0.6 is 0 Å². The molecule has 0 aliphatic rings. The van der Waals surface area contributed by atoms with Gasteiger partial charge in [-0.25, -0.2) is 0 Å². The van der Waals surface area contributed by atoms with Gasteiger partial charge in [0.2, 0.25) is 0 Å². The zero-order chi connectivity index (χ0) is 59.2. The lowest BCUT2D eigenvalue weighted by Gasteiger charge is -2.18. The third-order valence-corrected chi connectivity index (χ3v) is 15.6. The number of allylic oxidation sites excluding steroid dienone is 14. The molecule has 0 fully saturated rings. The second-order valence-electron chi connectivity index (χ2n) is 23.8. The van der Waals surface area contributed by atoms with Gasteiger partial charge in [0.15, 0.2) is 6.10 Å². The molecule has 6 nitrogen and oxygen atoms in total. The van der Waals surface area contributed by atoms with Gasteiger partial charge in [-0.15, -0.1) is 0 Å². The predicted molar refractivity (Wildman–Crippen MR) is 358 cm³/mol. The highest BCUT2D eigenvalue weighted by molar-refractivity contribution is 5.71. The van der Waals surface area contributed by atoms with Gasteiger partial charge in [-0.3, -0.25) is 14.4 Å². The number of hydrogen-bond acceptors (Lipinski definition) is 6. The number of ether oxygens (including phenoxy) is 3. The molecule has 0 saturated carbocycles. The van der Waals surface area contributed by atoms with Gasteiger partial charge in [-0.2, -0.15) is 0 Å². The molecule has 0 radical (unpaired) electrons. The lowest BCUT2D eigenvalue weighted by Crippen LogP contribution is -2.30.